The largest absolute Gasteiger partial charge is 0.469 e. The van der Waals surface area contributed by atoms with Crippen molar-refractivity contribution in [3.8, 4) is 0 Å². The summed E-state index contributed by atoms with van der Waals surface area (Å²) in [7, 11) is 0. The Bertz CT molecular complexity index is 768. The Morgan fingerprint density at radius 3 is 2.62 bits per heavy atom. The third-order valence-corrected chi connectivity index (χ3v) is 3.78. The first-order valence-electron chi connectivity index (χ1n) is 7.85. The van der Waals surface area contributed by atoms with Gasteiger partial charge in [-0.2, -0.15) is 0 Å². The third-order valence-electron chi connectivity index (χ3n) is 3.78. The van der Waals surface area contributed by atoms with Crippen LogP contribution in [0.5, 0.6) is 0 Å². The van der Waals surface area contributed by atoms with Gasteiger partial charge in [0.25, 0.3) is 0 Å². The van der Waals surface area contributed by atoms with Gasteiger partial charge in [-0.1, -0.05) is 30.3 Å². The van der Waals surface area contributed by atoms with Crippen LogP contribution in [-0.4, -0.2) is 15.9 Å². The molecule has 24 heavy (non-hydrogen) atoms. The highest BCUT2D eigenvalue weighted by molar-refractivity contribution is 5.77. The lowest BCUT2D eigenvalue weighted by molar-refractivity contribution is -0.121. The van der Waals surface area contributed by atoms with E-state index in [1.807, 2.05) is 49.4 Å². The van der Waals surface area contributed by atoms with Crippen molar-refractivity contribution in [2.45, 2.75) is 25.8 Å². The fourth-order valence-corrected chi connectivity index (χ4v) is 2.51. The summed E-state index contributed by atoms with van der Waals surface area (Å²) in [6.07, 6.45) is 5.32. The van der Waals surface area contributed by atoms with Crippen LogP contribution in [-0.2, 0) is 11.3 Å². The van der Waals surface area contributed by atoms with Crippen LogP contribution in [0.4, 0.5) is 0 Å². The Balaban J connectivity index is 1.66. The molecular weight excluding hydrogens is 302 g/mol. The summed E-state index contributed by atoms with van der Waals surface area (Å²) in [6.45, 7) is 2.24. The molecule has 2 aromatic heterocycles. The van der Waals surface area contributed by atoms with Gasteiger partial charge < -0.3 is 9.73 Å². The van der Waals surface area contributed by atoms with E-state index >= 15 is 0 Å². The second-order valence-electron chi connectivity index (χ2n) is 5.61. The number of aromatic nitrogens is 2. The van der Waals surface area contributed by atoms with Crippen LogP contribution in [0.1, 0.15) is 35.1 Å². The number of nitrogens with one attached hydrogen (secondary N) is 1. The Morgan fingerprint density at radius 2 is 1.96 bits per heavy atom. The van der Waals surface area contributed by atoms with E-state index in [-0.39, 0.29) is 11.8 Å². The van der Waals surface area contributed by atoms with E-state index in [4.69, 9.17) is 4.42 Å². The Kier molecular flexibility index (Phi) is 5.01. The number of carbonyl (C=O) groups excluding carboxylic acids is 1. The maximum Gasteiger partial charge on any atom is 0.221 e. The number of aryl methyl sites for hydroxylation is 1. The SMILES string of the molecule is Cc1cnc(CNC(=O)CC(c2ccccc2)c2ccco2)cn1. The van der Waals surface area contributed by atoms with E-state index in [0.717, 1.165) is 22.7 Å². The number of benzene rings is 1. The molecule has 1 aromatic carbocycles. The van der Waals surface area contributed by atoms with Gasteiger partial charge in [-0.25, -0.2) is 0 Å². The summed E-state index contributed by atoms with van der Waals surface area (Å²) in [5, 5.41) is 2.90. The smallest absolute Gasteiger partial charge is 0.221 e. The first-order chi connectivity index (χ1) is 11.7. The minimum absolute atomic E-state index is 0.0531. The molecule has 0 aliphatic carbocycles. The quantitative estimate of drug-likeness (QED) is 0.757. The van der Waals surface area contributed by atoms with Crippen molar-refractivity contribution in [3.05, 3.63) is 83.8 Å². The molecule has 0 bridgehead atoms. The average molecular weight is 321 g/mol. The van der Waals surface area contributed by atoms with Crippen LogP contribution < -0.4 is 5.32 Å². The van der Waals surface area contributed by atoms with E-state index in [0.29, 0.717) is 13.0 Å². The fourth-order valence-electron chi connectivity index (χ4n) is 2.51. The summed E-state index contributed by atoms with van der Waals surface area (Å²) in [5.74, 6) is 0.624. The molecule has 1 unspecified atom stereocenters. The van der Waals surface area contributed by atoms with Gasteiger partial charge in [0.2, 0.25) is 5.91 Å². The molecule has 122 valence electrons. The highest BCUT2D eigenvalue weighted by Crippen LogP contribution is 2.28. The lowest BCUT2D eigenvalue weighted by Crippen LogP contribution is -2.25. The molecule has 0 spiro atoms. The van der Waals surface area contributed by atoms with Crippen molar-refractivity contribution in [2.75, 3.05) is 0 Å². The van der Waals surface area contributed by atoms with Gasteiger partial charge in [0.1, 0.15) is 5.76 Å². The van der Waals surface area contributed by atoms with Crippen molar-refractivity contribution in [1.82, 2.24) is 15.3 Å². The Morgan fingerprint density at radius 1 is 1.12 bits per heavy atom. The molecule has 5 heteroatoms. The predicted octanol–water partition coefficient (Wildman–Crippen LogP) is 3.22. The number of hydrogen-bond acceptors (Lipinski definition) is 4. The number of nitrogens with zero attached hydrogens (tertiary/aromatic N) is 2. The number of furan rings is 1. The van der Waals surface area contributed by atoms with Gasteiger partial charge in [-0.05, 0) is 24.6 Å². The maximum absolute atomic E-state index is 12.4. The van der Waals surface area contributed by atoms with Crippen LogP contribution >= 0.6 is 0 Å². The van der Waals surface area contributed by atoms with E-state index in [1.165, 1.54) is 0 Å². The maximum atomic E-state index is 12.4. The number of hydrogen-bond donors (Lipinski definition) is 1. The molecule has 0 fully saturated rings. The molecule has 0 saturated heterocycles. The van der Waals surface area contributed by atoms with E-state index in [2.05, 4.69) is 15.3 Å². The van der Waals surface area contributed by atoms with Gasteiger partial charge in [-0.15, -0.1) is 0 Å². The lowest BCUT2D eigenvalue weighted by atomic mass is 9.93. The molecule has 0 aliphatic rings. The highest BCUT2D eigenvalue weighted by Gasteiger charge is 2.20. The first-order valence-corrected chi connectivity index (χ1v) is 7.85. The minimum atomic E-state index is -0.106. The van der Waals surface area contributed by atoms with Crippen molar-refractivity contribution in [3.63, 3.8) is 0 Å². The number of carbonyl (C=O) groups is 1. The molecule has 2 heterocycles. The highest BCUT2D eigenvalue weighted by atomic mass is 16.3. The molecule has 1 atom stereocenters. The van der Waals surface area contributed by atoms with Crippen molar-refractivity contribution in [2.24, 2.45) is 0 Å². The van der Waals surface area contributed by atoms with Gasteiger partial charge in [0, 0.05) is 12.6 Å². The van der Waals surface area contributed by atoms with Gasteiger partial charge in [-0.3, -0.25) is 14.8 Å². The topological polar surface area (TPSA) is 68.0 Å². The van der Waals surface area contributed by atoms with Crippen LogP contribution in [0.25, 0.3) is 0 Å². The monoisotopic (exact) mass is 321 g/mol. The zero-order valence-corrected chi connectivity index (χ0v) is 13.5. The number of amides is 1. The molecule has 3 rings (SSSR count). The van der Waals surface area contributed by atoms with E-state index in [9.17, 15) is 4.79 Å². The summed E-state index contributed by atoms with van der Waals surface area (Å²) in [5.41, 5.74) is 2.65. The molecule has 0 saturated carbocycles. The molecule has 5 nitrogen and oxygen atoms in total. The van der Waals surface area contributed by atoms with E-state index in [1.54, 1.807) is 18.7 Å². The third kappa shape index (κ3) is 4.07. The summed E-state index contributed by atoms with van der Waals surface area (Å²) < 4.78 is 5.52. The second-order valence-corrected chi connectivity index (χ2v) is 5.61. The second kappa shape index (κ2) is 7.55. The molecule has 0 radical (unpaired) electrons. The van der Waals surface area contributed by atoms with Crippen LogP contribution in [0.15, 0.2) is 65.5 Å². The van der Waals surface area contributed by atoms with Crippen molar-refractivity contribution in [1.29, 1.82) is 0 Å². The molecular formula is C19H19N3O2. The zero-order chi connectivity index (χ0) is 16.8. The predicted molar refractivity (Wildman–Crippen MR) is 90.2 cm³/mol. The van der Waals surface area contributed by atoms with Gasteiger partial charge >= 0.3 is 0 Å². The zero-order valence-electron chi connectivity index (χ0n) is 13.5. The standard InChI is InChI=1S/C19H19N3O2/c1-14-11-21-16(12-20-14)13-22-19(23)10-17(18-8-5-9-24-18)15-6-3-2-4-7-15/h2-9,11-12,17H,10,13H2,1H3,(H,22,23). The summed E-state index contributed by atoms with van der Waals surface area (Å²) >= 11 is 0. The van der Waals surface area contributed by atoms with Gasteiger partial charge in [0.15, 0.2) is 0 Å². The summed E-state index contributed by atoms with van der Waals surface area (Å²) in [6, 6.07) is 13.6. The average Bonchev–Trinajstić information content (AvgIpc) is 3.14. The molecule has 1 N–H and O–H groups in total. The molecule has 0 aliphatic heterocycles. The van der Waals surface area contributed by atoms with Crippen molar-refractivity contribution < 1.29 is 9.21 Å². The van der Waals surface area contributed by atoms with Gasteiger partial charge in [0.05, 0.1) is 36.3 Å². The molecule has 3 aromatic rings. The molecule has 1 amide bonds. The summed E-state index contributed by atoms with van der Waals surface area (Å²) in [4.78, 5) is 20.8. The first kappa shape index (κ1) is 15.9. The van der Waals surface area contributed by atoms with E-state index < -0.39 is 0 Å². The van der Waals surface area contributed by atoms with Crippen molar-refractivity contribution >= 4 is 5.91 Å². The van der Waals surface area contributed by atoms with Crippen LogP contribution in [0, 0.1) is 6.92 Å². The fraction of sp³-hybridized carbons (Fsp3) is 0.211. The van der Waals surface area contributed by atoms with Crippen LogP contribution in [0.2, 0.25) is 0 Å². The van der Waals surface area contributed by atoms with Crippen LogP contribution in [0.3, 0.4) is 0 Å². The minimum Gasteiger partial charge on any atom is -0.469 e. The normalized spacial score (nSPS) is 11.9. The number of rotatable bonds is 6. The Hall–Kier alpha value is -2.95. The Labute approximate surface area is 140 Å². The lowest BCUT2D eigenvalue weighted by Gasteiger charge is -2.15.